The lowest BCUT2D eigenvalue weighted by molar-refractivity contribution is -0.139. The summed E-state index contributed by atoms with van der Waals surface area (Å²) in [6.45, 7) is 1.76. The average Bonchev–Trinajstić information content (AvgIpc) is 2.35. The van der Waals surface area contributed by atoms with Gasteiger partial charge in [0, 0.05) is 5.54 Å². The third-order valence-electron chi connectivity index (χ3n) is 3.83. The molecule has 1 aromatic carbocycles. The Kier molecular flexibility index (Phi) is 4.25. The number of sulfonamides is 1. The lowest BCUT2D eigenvalue weighted by Gasteiger charge is -2.41. The number of carboxylic acids is 1. The van der Waals surface area contributed by atoms with Crippen LogP contribution in [0.3, 0.4) is 0 Å². The molecule has 1 aliphatic rings. The Morgan fingerprint density at radius 2 is 2.10 bits per heavy atom. The minimum absolute atomic E-state index is 0.123. The van der Waals surface area contributed by atoms with Crippen molar-refractivity contribution in [2.24, 2.45) is 0 Å². The maximum Gasteiger partial charge on any atom is 0.305 e. The monoisotopic (exact) mass is 313 g/mol. The minimum atomic E-state index is -3.74. The van der Waals surface area contributed by atoms with E-state index in [2.05, 4.69) is 4.72 Å². The van der Waals surface area contributed by atoms with Gasteiger partial charge in [-0.3, -0.25) is 4.79 Å². The van der Waals surface area contributed by atoms with Gasteiger partial charge in [0.05, 0.1) is 18.4 Å². The molecule has 0 saturated heterocycles. The highest BCUT2D eigenvalue weighted by Crippen LogP contribution is 2.36. The zero-order valence-electron chi connectivity index (χ0n) is 12.0. The van der Waals surface area contributed by atoms with Gasteiger partial charge in [0.15, 0.2) is 0 Å². The third-order valence-corrected chi connectivity index (χ3v) is 5.40. The second kappa shape index (κ2) is 5.65. The van der Waals surface area contributed by atoms with Crippen molar-refractivity contribution in [2.75, 3.05) is 7.11 Å². The van der Waals surface area contributed by atoms with Gasteiger partial charge < -0.3 is 9.84 Å². The molecule has 0 aliphatic heterocycles. The van der Waals surface area contributed by atoms with Gasteiger partial charge in [-0.05, 0) is 49.9 Å². The second-order valence-electron chi connectivity index (χ2n) is 5.44. The summed E-state index contributed by atoms with van der Waals surface area (Å²) < 4.78 is 32.5. The molecule has 0 atom stereocenters. The van der Waals surface area contributed by atoms with E-state index in [1.54, 1.807) is 13.0 Å². The Morgan fingerprint density at radius 1 is 1.43 bits per heavy atom. The van der Waals surface area contributed by atoms with Crippen LogP contribution in [0.25, 0.3) is 0 Å². The molecule has 116 valence electrons. The number of hydrogen-bond donors (Lipinski definition) is 2. The molecule has 0 amide bonds. The standard InChI is InChI=1S/C14H19NO5S/c1-10-8-11(4-5-12(10)20-2)21(18,19)15-14(6-3-7-14)9-13(16)17/h4-5,8,15H,3,6-7,9H2,1-2H3,(H,16,17). The fraction of sp³-hybridized carbons (Fsp3) is 0.500. The smallest absolute Gasteiger partial charge is 0.305 e. The van der Waals surface area contributed by atoms with Gasteiger partial charge in [0.2, 0.25) is 10.0 Å². The second-order valence-corrected chi connectivity index (χ2v) is 7.12. The van der Waals surface area contributed by atoms with E-state index in [0.29, 0.717) is 24.2 Å². The van der Waals surface area contributed by atoms with Gasteiger partial charge in [-0.2, -0.15) is 0 Å². The zero-order chi connectivity index (χ0) is 15.7. The lowest BCUT2D eigenvalue weighted by Crippen LogP contribution is -2.54. The largest absolute Gasteiger partial charge is 0.496 e. The van der Waals surface area contributed by atoms with Crippen LogP contribution in [0.15, 0.2) is 23.1 Å². The van der Waals surface area contributed by atoms with Gasteiger partial charge in [0.25, 0.3) is 0 Å². The molecule has 7 heteroatoms. The summed E-state index contributed by atoms with van der Waals surface area (Å²) >= 11 is 0. The number of carboxylic acid groups (broad SMARTS) is 1. The molecular weight excluding hydrogens is 294 g/mol. The molecule has 21 heavy (non-hydrogen) atoms. The Hall–Kier alpha value is -1.60. The number of rotatable bonds is 6. The van der Waals surface area contributed by atoms with Crippen LogP contribution in [0.4, 0.5) is 0 Å². The van der Waals surface area contributed by atoms with Crippen LogP contribution in [0, 0.1) is 6.92 Å². The summed E-state index contributed by atoms with van der Waals surface area (Å²) in [7, 11) is -2.22. The van der Waals surface area contributed by atoms with E-state index in [0.717, 1.165) is 6.42 Å². The summed E-state index contributed by atoms with van der Waals surface area (Å²) in [5, 5.41) is 8.94. The summed E-state index contributed by atoms with van der Waals surface area (Å²) in [6, 6.07) is 4.57. The number of benzene rings is 1. The molecule has 1 aliphatic carbocycles. The highest BCUT2D eigenvalue weighted by atomic mass is 32.2. The van der Waals surface area contributed by atoms with Crippen LogP contribution in [0.5, 0.6) is 5.75 Å². The highest BCUT2D eigenvalue weighted by molar-refractivity contribution is 7.89. The predicted octanol–water partition coefficient (Wildman–Crippen LogP) is 1.68. The number of carbonyl (C=O) groups is 1. The van der Waals surface area contributed by atoms with Crippen molar-refractivity contribution in [3.8, 4) is 5.75 Å². The maximum atomic E-state index is 12.4. The topological polar surface area (TPSA) is 92.7 Å². The van der Waals surface area contributed by atoms with E-state index in [-0.39, 0.29) is 11.3 Å². The fourth-order valence-corrected chi connectivity index (χ4v) is 4.11. The van der Waals surface area contributed by atoms with E-state index in [1.807, 2.05) is 0 Å². The fourth-order valence-electron chi connectivity index (χ4n) is 2.57. The van der Waals surface area contributed by atoms with Crippen LogP contribution in [0.1, 0.15) is 31.2 Å². The first-order chi connectivity index (χ1) is 9.78. The molecule has 1 aromatic rings. The van der Waals surface area contributed by atoms with Crippen LogP contribution >= 0.6 is 0 Å². The highest BCUT2D eigenvalue weighted by Gasteiger charge is 2.42. The van der Waals surface area contributed by atoms with Crippen molar-refractivity contribution >= 4 is 16.0 Å². The van der Waals surface area contributed by atoms with Gasteiger partial charge in [-0.15, -0.1) is 0 Å². The van der Waals surface area contributed by atoms with E-state index in [4.69, 9.17) is 9.84 Å². The summed E-state index contributed by atoms with van der Waals surface area (Å²) in [4.78, 5) is 11.0. The first-order valence-corrected chi connectivity index (χ1v) is 8.17. The number of aryl methyl sites for hydroxylation is 1. The molecule has 1 saturated carbocycles. The Labute approximate surface area is 124 Å². The van der Waals surface area contributed by atoms with Crippen LogP contribution < -0.4 is 9.46 Å². The maximum absolute atomic E-state index is 12.4. The van der Waals surface area contributed by atoms with Crippen molar-refractivity contribution < 1.29 is 23.1 Å². The number of nitrogens with one attached hydrogen (secondary N) is 1. The van der Waals surface area contributed by atoms with Gasteiger partial charge in [0.1, 0.15) is 5.75 Å². The zero-order valence-corrected chi connectivity index (χ0v) is 12.9. The summed E-state index contributed by atoms with van der Waals surface area (Å²) in [5.41, 5.74) is -0.139. The van der Waals surface area contributed by atoms with Gasteiger partial charge in [-0.1, -0.05) is 0 Å². The number of aliphatic carboxylic acids is 1. The van der Waals surface area contributed by atoms with Crippen LogP contribution in [0.2, 0.25) is 0 Å². The average molecular weight is 313 g/mol. The van der Waals surface area contributed by atoms with Crippen molar-refractivity contribution in [1.82, 2.24) is 4.72 Å². The SMILES string of the molecule is COc1ccc(S(=O)(=O)NC2(CC(=O)O)CCC2)cc1C. The third kappa shape index (κ3) is 3.36. The molecule has 0 bridgehead atoms. The molecular formula is C14H19NO5S. The molecule has 0 heterocycles. The Morgan fingerprint density at radius 3 is 2.52 bits per heavy atom. The molecule has 2 N–H and O–H groups in total. The summed E-state index contributed by atoms with van der Waals surface area (Å²) in [6.07, 6.45) is 1.74. The summed E-state index contributed by atoms with van der Waals surface area (Å²) in [5.74, 6) is -0.388. The lowest BCUT2D eigenvalue weighted by atomic mass is 9.75. The van der Waals surface area contributed by atoms with Crippen LogP contribution in [-0.2, 0) is 14.8 Å². The number of ether oxygens (including phenoxy) is 1. The number of hydrogen-bond acceptors (Lipinski definition) is 4. The predicted molar refractivity (Wildman–Crippen MR) is 76.9 cm³/mol. The van der Waals surface area contributed by atoms with Crippen molar-refractivity contribution in [1.29, 1.82) is 0 Å². The number of methoxy groups -OCH3 is 1. The van der Waals surface area contributed by atoms with E-state index < -0.39 is 21.5 Å². The van der Waals surface area contributed by atoms with Gasteiger partial charge >= 0.3 is 5.97 Å². The van der Waals surface area contributed by atoms with Crippen molar-refractivity contribution in [3.63, 3.8) is 0 Å². The van der Waals surface area contributed by atoms with E-state index >= 15 is 0 Å². The first-order valence-electron chi connectivity index (χ1n) is 6.68. The normalized spacial score (nSPS) is 17.0. The van der Waals surface area contributed by atoms with Crippen molar-refractivity contribution in [2.45, 2.75) is 43.0 Å². The first kappa shape index (κ1) is 15.8. The van der Waals surface area contributed by atoms with Crippen LogP contribution in [-0.4, -0.2) is 32.1 Å². The van der Waals surface area contributed by atoms with Crippen molar-refractivity contribution in [3.05, 3.63) is 23.8 Å². The molecule has 2 rings (SSSR count). The Balaban J connectivity index is 2.25. The molecule has 0 aromatic heterocycles. The molecule has 1 fully saturated rings. The minimum Gasteiger partial charge on any atom is -0.496 e. The Bertz CT molecular complexity index is 649. The van der Waals surface area contributed by atoms with Gasteiger partial charge in [-0.25, -0.2) is 13.1 Å². The van der Waals surface area contributed by atoms with E-state index in [9.17, 15) is 13.2 Å². The molecule has 0 unspecified atom stereocenters. The van der Waals surface area contributed by atoms with E-state index in [1.165, 1.54) is 19.2 Å². The molecule has 6 nitrogen and oxygen atoms in total. The quantitative estimate of drug-likeness (QED) is 0.833. The molecule has 0 radical (unpaired) electrons. The molecule has 0 spiro atoms.